The second-order valence-corrected chi connectivity index (χ2v) is 5.45. The fourth-order valence-corrected chi connectivity index (χ4v) is 2.04. The first-order valence-corrected chi connectivity index (χ1v) is 7.64. The Kier molecular flexibility index (Phi) is 8.41. The molecule has 25 heavy (non-hydrogen) atoms. The topological polar surface area (TPSA) is 175 Å². The molecule has 1 aliphatic rings. The van der Waals surface area contributed by atoms with E-state index in [9.17, 15) is 29.7 Å². The Labute approximate surface area is 143 Å². The molecule has 5 atom stereocenters. The van der Waals surface area contributed by atoms with Gasteiger partial charge in [-0.25, -0.2) is 10.2 Å². The summed E-state index contributed by atoms with van der Waals surface area (Å²) in [7, 11) is 0. The zero-order chi connectivity index (χ0) is 19.0. The van der Waals surface area contributed by atoms with Crippen LogP contribution in [-0.4, -0.2) is 75.2 Å². The van der Waals surface area contributed by atoms with Crippen molar-refractivity contribution in [3.8, 4) is 0 Å². The Morgan fingerprint density at radius 1 is 1.16 bits per heavy atom. The molecule has 0 aromatic rings. The molecule has 142 valence electrons. The highest BCUT2D eigenvalue weighted by Gasteiger charge is 2.48. The molecule has 0 spiro atoms. The summed E-state index contributed by atoms with van der Waals surface area (Å²) in [5.41, 5.74) is 2.23. The van der Waals surface area contributed by atoms with Crippen LogP contribution in [0.15, 0.2) is 5.10 Å². The molecule has 11 heteroatoms. The highest BCUT2D eigenvalue weighted by molar-refractivity contribution is 5.74. The summed E-state index contributed by atoms with van der Waals surface area (Å²) < 4.78 is 9.66. The molecule has 5 unspecified atom stereocenters. The number of hydrogen-bond acceptors (Lipinski definition) is 9. The first-order chi connectivity index (χ1) is 11.7. The molecule has 5 N–H and O–H groups in total. The number of hydrogen-bond donors (Lipinski definition) is 5. The lowest BCUT2D eigenvalue weighted by atomic mass is 9.99. The van der Waals surface area contributed by atoms with Crippen molar-refractivity contribution in [2.24, 2.45) is 5.10 Å². The molecule has 0 saturated carbocycles. The van der Waals surface area contributed by atoms with Gasteiger partial charge in [-0.15, -0.1) is 0 Å². The summed E-state index contributed by atoms with van der Waals surface area (Å²) >= 11 is 0. The van der Waals surface area contributed by atoms with E-state index in [4.69, 9.17) is 14.6 Å². The predicted molar refractivity (Wildman–Crippen MR) is 81.2 cm³/mol. The van der Waals surface area contributed by atoms with Crippen LogP contribution in [0.25, 0.3) is 0 Å². The third-order valence-corrected chi connectivity index (χ3v) is 3.34. The van der Waals surface area contributed by atoms with Crippen LogP contribution in [0.4, 0.5) is 0 Å². The van der Waals surface area contributed by atoms with E-state index in [2.05, 4.69) is 10.5 Å². The molecule has 1 saturated heterocycles. The van der Waals surface area contributed by atoms with E-state index in [0.717, 1.165) is 0 Å². The van der Waals surface area contributed by atoms with Gasteiger partial charge in [-0.2, -0.15) is 5.10 Å². The van der Waals surface area contributed by atoms with Crippen molar-refractivity contribution < 1.29 is 44.3 Å². The largest absolute Gasteiger partial charge is 0.479 e. The molecule has 1 rings (SSSR count). The lowest BCUT2D eigenvalue weighted by molar-refractivity contribution is -0.286. The number of aliphatic carboxylic acids is 1. The number of carbonyl (C=O) groups is 3. The van der Waals surface area contributed by atoms with Gasteiger partial charge in [0.05, 0.1) is 0 Å². The van der Waals surface area contributed by atoms with E-state index in [1.165, 1.54) is 13.1 Å². The zero-order valence-corrected chi connectivity index (χ0v) is 13.6. The number of unbranched alkanes of at least 4 members (excludes halogenated alkanes) is 2. The number of nitrogens with one attached hydrogen (secondary N) is 1. The first-order valence-electron chi connectivity index (χ1n) is 7.64. The van der Waals surface area contributed by atoms with Crippen LogP contribution in [0, 0.1) is 0 Å². The number of nitrogens with zero attached hydrogens (tertiary/aromatic N) is 1. The summed E-state index contributed by atoms with van der Waals surface area (Å²) in [6.07, 6.45) is -5.97. The van der Waals surface area contributed by atoms with Crippen molar-refractivity contribution in [2.75, 3.05) is 0 Å². The standard InChI is InChI=1S/C14H22N2O9/c1-7(17)16-15-6-4-2-3-5-8(18)24-14-11(21)9(19)10(20)12(25-14)13(22)23/h6,9-12,14,19-21H,2-5H2,1H3,(H,16,17)(H,22,23)/b15-6+. The highest BCUT2D eigenvalue weighted by Crippen LogP contribution is 2.23. The maximum Gasteiger partial charge on any atom is 0.335 e. The second kappa shape index (κ2) is 10.0. The molecule has 0 aliphatic carbocycles. The third kappa shape index (κ3) is 6.74. The van der Waals surface area contributed by atoms with Crippen LogP contribution in [0.2, 0.25) is 0 Å². The maximum absolute atomic E-state index is 11.7. The lowest BCUT2D eigenvalue weighted by Gasteiger charge is -2.37. The lowest BCUT2D eigenvalue weighted by Crippen LogP contribution is -2.60. The van der Waals surface area contributed by atoms with Crippen molar-refractivity contribution >= 4 is 24.1 Å². The van der Waals surface area contributed by atoms with Crippen LogP contribution in [0.5, 0.6) is 0 Å². The molecular formula is C14H22N2O9. The van der Waals surface area contributed by atoms with Gasteiger partial charge in [-0.3, -0.25) is 9.59 Å². The van der Waals surface area contributed by atoms with Gasteiger partial charge in [0.25, 0.3) is 0 Å². The minimum Gasteiger partial charge on any atom is -0.479 e. The smallest absolute Gasteiger partial charge is 0.335 e. The van der Waals surface area contributed by atoms with Gasteiger partial charge in [0.15, 0.2) is 6.10 Å². The molecule has 0 radical (unpaired) electrons. The summed E-state index contributed by atoms with van der Waals surface area (Å²) in [5, 5.41) is 41.3. The molecular weight excluding hydrogens is 340 g/mol. The van der Waals surface area contributed by atoms with Gasteiger partial charge in [-0.1, -0.05) is 0 Å². The first kappa shape index (κ1) is 21.0. The number of carboxylic acids is 1. The van der Waals surface area contributed by atoms with E-state index in [1.807, 2.05) is 0 Å². The van der Waals surface area contributed by atoms with Crippen molar-refractivity contribution in [1.29, 1.82) is 0 Å². The summed E-state index contributed by atoms with van der Waals surface area (Å²) in [6.45, 7) is 1.32. The predicted octanol–water partition coefficient (Wildman–Crippen LogP) is -1.90. The number of carbonyl (C=O) groups excluding carboxylic acids is 2. The Hall–Kier alpha value is -2.08. The molecule has 1 fully saturated rings. The van der Waals surface area contributed by atoms with E-state index in [-0.39, 0.29) is 12.3 Å². The molecule has 1 heterocycles. The van der Waals surface area contributed by atoms with Crippen LogP contribution in [0.3, 0.4) is 0 Å². The van der Waals surface area contributed by atoms with Gasteiger partial charge >= 0.3 is 11.9 Å². The van der Waals surface area contributed by atoms with Crippen molar-refractivity contribution in [1.82, 2.24) is 5.43 Å². The summed E-state index contributed by atoms with van der Waals surface area (Å²) in [5.74, 6) is -2.61. The number of esters is 1. The Bertz CT molecular complexity index is 511. The highest BCUT2D eigenvalue weighted by atomic mass is 16.7. The van der Waals surface area contributed by atoms with Crippen LogP contribution >= 0.6 is 0 Å². The molecule has 0 aromatic carbocycles. The van der Waals surface area contributed by atoms with Gasteiger partial charge in [0.1, 0.15) is 18.3 Å². The van der Waals surface area contributed by atoms with Crippen molar-refractivity contribution in [2.45, 2.75) is 63.3 Å². The number of ether oxygens (including phenoxy) is 2. The average Bonchev–Trinajstić information content (AvgIpc) is 2.53. The molecule has 1 amide bonds. The zero-order valence-electron chi connectivity index (χ0n) is 13.6. The molecule has 1 aliphatic heterocycles. The van der Waals surface area contributed by atoms with Crippen LogP contribution < -0.4 is 5.43 Å². The number of aliphatic hydroxyl groups excluding tert-OH is 3. The van der Waals surface area contributed by atoms with E-state index >= 15 is 0 Å². The Balaban J connectivity index is 2.36. The van der Waals surface area contributed by atoms with Crippen molar-refractivity contribution in [3.05, 3.63) is 0 Å². The van der Waals surface area contributed by atoms with Gasteiger partial charge in [0.2, 0.25) is 12.2 Å². The Morgan fingerprint density at radius 2 is 1.84 bits per heavy atom. The monoisotopic (exact) mass is 362 g/mol. The normalized spacial score (nSPS) is 29.4. The SMILES string of the molecule is CC(=O)N/N=C/CCCCC(=O)OC1OC(C(=O)O)C(O)C(O)C1O. The number of carboxylic acid groups (broad SMARTS) is 1. The number of aliphatic hydroxyl groups is 3. The van der Waals surface area contributed by atoms with Crippen LogP contribution in [0.1, 0.15) is 32.6 Å². The summed E-state index contributed by atoms with van der Waals surface area (Å²) in [6, 6.07) is 0. The maximum atomic E-state index is 11.7. The molecule has 11 nitrogen and oxygen atoms in total. The number of hydrazone groups is 1. The van der Waals surface area contributed by atoms with E-state index in [0.29, 0.717) is 19.3 Å². The third-order valence-electron chi connectivity index (χ3n) is 3.34. The van der Waals surface area contributed by atoms with Crippen LogP contribution in [-0.2, 0) is 23.9 Å². The summed E-state index contributed by atoms with van der Waals surface area (Å²) in [4.78, 5) is 33.2. The van der Waals surface area contributed by atoms with Gasteiger partial charge < -0.3 is 29.9 Å². The second-order valence-electron chi connectivity index (χ2n) is 5.45. The number of rotatable bonds is 8. The molecule has 0 aromatic heterocycles. The molecule has 0 bridgehead atoms. The average molecular weight is 362 g/mol. The Morgan fingerprint density at radius 3 is 2.44 bits per heavy atom. The van der Waals surface area contributed by atoms with Gasteiger partial charge in [-0.05, 0) is 19.3 Å². The van der Waals surface area contributed by atoms with Gasteiger partial charge in [0, 0.05) is 19.6 Å². The van der Waals surface area contributed by atoms with E-state index < -0.39 is 42.6 Å². The fraction of sp³-hybridized carbons (Fsp3) is 0.714. The van der Waals surface area contributed by atoms with Crippen molar-refractivity contribution in [3.63, 3.8) is 0 Å². The fourth-order valence-electron chi connectivity index (χ4n) is 2.04. The van der Waals surface area contributed by atoms with E-state index in [1.54, 1.807) is 0 Å². The minimum absolute atomic E-state index is 0.0308. The number of amides is 1. The quantitative estimate of drug-likeness (QED) is 0.143. The minimum atomic E-state index is -1.84.